The Morgan fingerprint density at radius 3 is 1.75 bits per heavy atom. The molecular formula is C43H77N15O12S3. The fourth-order valence-electron chi connectivity index (χ4n) is 7.01. The van der Waals surface area contributed by atoms with Gasteiger partial charge in [-0.15, -0.1) is 0 Å². The standard InChI is InChI=1S/C43H77N15O12S3/c1-23(2)17-28(36(63)50-18-32(59)49-19-33(60)52-27(42(69)70)9-5-6-13-44)55-40(67)30(22-72)57-38(65)25(10-7-14-48-43(46)47)54-41(68)31-11-8-15-58(31)34(61)20-51-37(64)29(21-71)56-39(66)26(12-16-73-4)53-35(62)24(3)45/h23-31,71-72H,5-22,44-45H2,1-4H3,(H,49,59)(H,50,63)(H,51,64)(H,52,60)(H,53,62)(H,54,68)(H,55,67)(H,56,66)(H,57,65)(H,69,70)(H4,46,47,48)/t24-,25-,26-,27-,28-,29-,30-,31-/m0/s1. The largest absolute Gasteiger partial charge is 0.480 e. The summed E-state index contributed by atoms with van der Waals surface area (Å²) >= 11 is 9.87. The topological polar surface area (TPSA) is 436 Å². The Bertz CT molecular complexity index is 1910. The van der Waals surface area contributed by atoms with E-state index in [1.54, 1.807) is 13.8 Å². The summed E-state index contributed by atoms with van der Waals surface area (Å²) in [5, 5.41) is 31.8. The predicted octanol–water partition coefficient (Wildman–Crippen LogP) is -5.49. The number of thiol groups is 2. The molecule has 0 unspecified atom stereocenters. The molecule has 8 atom stereocenters. The number of thioether (sulfide) groups is 1. The SMILES string of the molecule is CSCC[C@H](NC(=O)[C@H](C)N)C(=O)N[C@@H](CS)C(=O)NCC(=O)N1CCC[C@H]1C(=O)N[C@@H](CCCN=C(N)N)C(=O)N[C@@H](CS)C(=O)N[C@@H](CC(C)C)C(=O)NCC(=O)NCC(=O)N[C@@H](CCCCN)C(=O)O. The summed E-state index contributed by atoms with van der Waals surface area (Å²) in [6, 6.07) is -9.17. The summed E-state index contributed by atoms with van der Waals surface area (Å²) in [5.74, 6) is -8.78. The zero-order valence-corrected chi connectivity index (χ0v) is 44.5. The van der Waals surface area contributed by atoms with Crippen molar-refractivity contribution in [3.8, 4) is 0 Å². The molecule has 1 rings (SSSR count). The highest BCUT2D eigenvalue weighted by Crippen LogP contribution is 2.18. The Labute approximate surface area is 440 Å². The van der Waals surface area contributed by atoms with Gasteiger partial charge in [-0.3, -0.25) is 52.9 Å². The van der Waals surface area contributed by atoms with Crippen LogP contribution < -0.4 is 70.8 Å². The zero-order chi connectivity index (χ0) is 55.2. The number of amides is 10. The van der Waals surface area contributed by atoms with Crippen LogP contribution in [0, 0.1) is 5.92 Å². The van der Waals surface area contributed by atoms with Crippen LogP contribution in [0.1, 0.15) is 78.6 Å². The van der Waals surface area contributed by atoms with E-state index in [0.29, 0.717) is 31.6 Å². The van der Waals surface area contributed by atoms with E-state index in [1.165, 1.54) is 23.6 Å². The first kappa shape index (κ1) is 65.4. The molecule has 0 bridgehead atoms. The zero-order valence-electron chi connectivity index (χ0n) is 41.9. The molecule has 73 heavy (non-hydrogen) atoms. The minimum Gasteiger partial charge on any atom is -0.480 e. The van der Waals surface area contributed by atoms with Gasteiger partial charge in [-0.05, 0) is 89.2 Å². The van der Waals surface area contributed by atoms with Gasteiger partial charge in [-0.2, -0.15) is 37.0 Å². The minimum atomic E-state index is -1.35. The third kappa shape index (κ3) is 25.8. The number of hydrogen-bond donors (Lipinski definition) is 16. The van der Waals surface area contributed by atoms with Crippen molar-refractivity contribution in [1.29, 1.82) is 0 Å². The molecule has 10 amide bonds. The molecule has 1 fully saturated rings. The van der Waals surface area contributed by atoms with Crippen LogP contribution in [-0.4, -0.2) is 192 Å². The van der Waals surface area contributed by atoms with Crippen LogP contribution in [0.15, 0.2) is 4.99 Å². The Morgan fingerprint density at radius 2 is 1.19 bits per heavy atom. The summed E-state index contributed by atoms with van der Waals surface area (Å²) in [4.78, 5) is 148. The maximum atomic E-state index is 13.9. The molecule has 1 heterocycles. The van der Waals surface area contributed by atoms with Gasteiger partial charge in [-0.25, -0.2) is 4.79 Å². The maximum Gasteiger partial charge on any atom is 0.326 e. The summed E-state index contributed by atoms with van der Waals surface area (Å²) < 4.78 is 0. The highest BCUT2D eigenvalue weighted by atomic mass is 32.2. The van der Waals surface area contributed by atoms with Gasteiger partial charge in [0.15, 0.2) is 5.96 Å². The van der Waals surface area contributed by atoms with E-state index in [1.807, 2.05) is 6.26 Å². The van der Waals surface area contributed by atoms with Gasteiger partial charge in [-0.1, -0.05) is 13.8 Å². The summed E-state index contributed by atoms with van der Waals surface area (Å²) in [6.07, 6.45) is 4.09. The summed E-state index contributed by atoms with van der Waals surface area (Å²) in [7, 11) is 0. The molecule has 0 aromatic heterocycles. The van der Waals surface area contributed by atoms with Crippen LogP contribution in [-0.2, 0) is 52.7 Å². The van der Waals surface area contributed by atoms with Crippen molar-refractivity contribution in [3.05, 3.63) is 0 Å². The molecular weight excluding hydrogens is 1010 g/mol. The average molecular weight is 1090 g/mol. The van der Waals surface area contributed by atoms with Crippen molar-refractivity contribution in [1.82, 2.24) is 52.8 Å². The number of rotatable bonds is 35. The van der Waals surface area contributed by atoms with Crippen molar-refractivity contribution < 1.29 is 57.8 Å². The lowest BCUT2D eigenvalue weighted by Crippen LogP contribution is -2.59. The van der Waals surface area contributed by atoms with Gasteiger partial charge >= 0.3 is 5.97 Å². The van der Waals surface area contributed by atoms with Crippen molar-refractivity contribution in [2.24, 2.45) is 33.8 Å². The Balaban J connectivity index is 3.04. The molecule has 1 saturated heterocycles. The number of nitrogens with zero attached hydrogens (tertiary/aromatic N) is 2. The number of aliphatic carboxylic acids is 1. The number of unbranched alkanes of at least 4 members (excludes halogenated alkanes) is 1. The Hall–Kier alpha value is -5.59. The van der Waals surface area contributed by atoms with Gasteiger partial charge in [0.2, 0.25) is 59.1 Å². The molecule has 0 aliphatic carbocycles. The third-order valence-corrected chi connectivity index (χ3v) is 12.3. The van der Waals surface area contributed by atoms with Gasteiger partial charge < -0.3 is 80.8 Å². The number of guanidine groups is 1. The number of carbonyl (C=O) groups is 11. The van der Waals surface area contributed by atoms with Crippen molar-refractivity contribution >= 4 is 108 Å². The number of aliphatic imine (C=N–C) groups is 1. The quantitative estimate of drug-likeness (QED) is 0.0122. The predicted molar refractivity (Wildman–Crippen MR) is 280 cm³/mol. The molecule has 414 valence electrons. The van der Waals surface area contributed by atoms with Crippen molar-refractivity contribution in [2.45, 2.75) is 127 Å². The number of nitrogens with one attached hydrogen (secondary N) is 9. The lowest BCUT2D eigenvalue weighted by molar-refractivity contribution is -0.142. The molecule has 18 N–H and O–H groups in total. The number of carbonyl (C=O) groups excluding carboxylic acids is 10. The first-order chi connectivity index (χ1) is 34.5. The summed E-state index contributed by atoms with van der Waals surface area (Å²) in [6.45, 7) is 3.85. The molecule has 0 aromatic carbocycles. The Morgan fingerprint density at radius 1 is 0.658 bits per heavy atom. The van der Waals surface area contributed by atoms with Crippen molar-refractivity contribution in [2.75, 3.05) is 62.8 Å². The molecule has 0 spiro atoms. The van der Waals surface area contributed by atoms with E-state index in [9.17, 15) is 57.8 Å². The number of hydrogen-bond acceptors (Lipinski definition) is 17. The van der Waals surface area contributed by atoms with Crippen molar-refractivity contribution in [3.63, 3.8) is 0 Å². The summed E-state index contributed by atoms with van der Waals surface area (Å²) in [5.41, 5.74) is 22.0. The van der Waals surface area contributed by atoms with Gasteiger partial charge in [0.1, 0.15) is 42.3 Å². The fourth-order valence-corrected chi connectivity index (χ4v) is 7.99. The molecule has 1 aliphatic heterocycles. The van der Waals surface area contributed by atoms with Crippen LogP contribution in [0.2, 0.25) is 0 Å². The van der Waals surface area contributed by atoms with E-state index in [0.717, 1.165) is 0 Å². The molecule has 0 aromatic rings. The second-order valence-corrected chi connectivity index (χ2v) is 19.2. The first-order valence-electron chi connectivity index (χ1n) is 23.9. The number of carboxylic acid groups (broad SMARTS) is 1. The number of nitrogens with two attached hydrogens (primary N) is 4. The molecule has 0 radical (unpaired) electrons. The third-order valence-electron chi connectivity index (χ3n) is 10.9. The molecule has 0 saturated carbocycles. The second kappa shape index (κ2) is 35.5. The molecule has 30 heteroatoms. The van der Waals surface area contributed by atoms with E-state index in [-0.39, 0.29) is 75.0 Å². The van der Waals surface area contributed by atoms with Gasteiger partial charge in [0.05, 0.1) is 25.7 Å². The van der Waals surface area contributed by atoms with E-state index in [2.05, 4.69) is 78.1 Å². The minimum absolute atomic E-state index is 0.0348. The lowest BCUT2D eigenvalue weighted by atomic mass is 10.0. The highest BCUT2D eigenvalue weighted by molar-refractivity contribution is 7.98. The normalized spacial score (nSPS) is 15.9. The van der Waals surface area contributed by atoms with Gasteiger partial charge in [0, 0.05) is 24.6 Å². The fraction of sp³-hybridized carbons (Fsp3) is 0.721. The lowest BCUT2D eigenvalue weighted by Gasteiger charge is -2.28. The first-order valence-corrected chi connectivity index (χ1v) is 26.5. The monoisotopic (exact) mass is 1090 g/mol. The Kier molecular flexibility index (Phi) is 31.9. The second-order valence-electron chi connectivity index (χ2n) is 17.5. The van der Waals surface area contributed by atoms with Crippen LogP contribution in [0.5, 0.6) is 0 Å². The van der Waals surface area contributed by atoms with E-state index >= 15 is 0 Å². The molecule has 1 aliphatic rings. The van der Waals surface area contributed by atoms with Crippen LogP contribution >= 0.6 is 37.0 Å². The number of carboxylic acids is 1. The molecule has 27 nitrogen and oxygen atoms in total. The van der Waals surface area contributed by atoms with Crippen LogP contribution in [0.4, 0.5) is 0 Å². The van der Waals surface area contributed by atoms with Crippen LogP contribution in [0.3, 0.4) is 0 Å². The van der Waals surface area contributed by atoms with E-state index in [4.69, 9.17) is 22.9 Å². The van der Waals surface area contributed by atoms with Gasteiger partial charge in [0.25, 0.3) is 0 Å². The van der Waals surface area contributed by atoms with E-state index < -0.39 is 133 Å². The maximum absolute atomic E-state index is 13.9. The average Bonchev–Trinajstić information content (AvgIpc) is 3.84. The number of likely N-dealkylation sites (tertiary alicyclic amines) is 1. The highest BCUT2D eigenvalue weighted by Gasteiger charge is 2.37. The smallest absolute Gasteiger partial charge is 0.326 e. The van der Waals surface area contributed by atoms with Crippen LogP contribution in [0.25, 0.3) is 0 Å².